The topological polar surface area (TPSA) is 37.9 Å². The van der Waals surface area contributed by atoms with Gasteiger partial charge in [0.1, 0.15) is 4.47 Å². The van der Waals surface area contributed by atoms with E-state index in [-0.39, 0.29) is 0 Å². The van der Waals surface area contributed by atoms with Crippen LogP contribution in [0, 0.1) is 0 Å². The van der Waals surface area contributed by atoms with Crippen LogP contribution in [0.25, 0.3) is 10.9 Å². The van der Waals surface area contributed by atoms with E-state index in [0.29, 0.717) is 11.8 Å². The van der Waals surface area contributed by atoms with Crippen LogP contribution >= 0.6 is 15.9 Å². The third-order valence-electron chi connectivity index (χ3n) is 2.41. The fourth-order valence-corrected chi connectivity index (χ4v) is 2.11. The number of fused-ring (bicyclic) bond motifs is 1. The Morgan fingerprint density at radius 3 is 2.80 bits per heavy atom. The minimum Gasteiger partial charge on any atom is -0.480 e. The number of H-pyrrole nitrogens is 1. The standard InChI is InChI=1S/C11H13BrN2O/c1-6(2)8-4-7-5-13-11(15-3)9(12)10(7)14-8/h4-6,14H,1-3H3. The maximum atomic E-state index is 5.14. The van der Waals surface area contributed by atoms with Gasteiger partial charge in [-0.25, -0.2) is 4.98 Å². The predicted octanol–water partition coefficient (Wildman–Crippen LogP) is 3.46. The van der Waals surface area contributed by atoms with Crippen molar-refractivity contribution in [3.8, 4) is 5.88 Å². The lowest BCUT2D eigenvalue weighted by Crippen LogP contribution is -1.89. The van der Waals surface area contributed by atoms with Gasteiger partial charge in [0, 0.05) is 17.3 Å². The summed E-state index contributed by atoms with van der Waals surface area (Å²) in [5.74, 6) is 1.09. The van der Waals surface area contributed by atoms with Gasteiger partial charge < -0.3 is 9.72 Å². The minimum absolute atomic E-state index is 0.482. The Kier molecular flexibility index (Phi) is 2.69. The summed E-state index contributed by atoms with van der Waals surface area (Å²) in [6, 6.07) is 2.12. The van der Waals surface area contributed by atoms with Crippen molar-refractivity contribution in [3.05, 3.63) is 22.4 Å². The SMILES string of the molecule is COc1ncc2cc(C(C)C)[nH]c2c1Br. The lowest BCUT2D eigenvalue weighted by Gasteiger charge is -2.02. The number of aromatic amines is 1. The smallest absolute Gasteiger partial charge is 0.229 e. The molecule has 0 aromatic carbocycles. The molecule has 2 aromatic heterocycles. The summed E-state index contributed by atoms with van der Waals surface area (Å²) >= 11 is 3.49. The van der Waals surface area contributed by atoms with E-state index in [4.69, 9.17) is 4.74 Å². The van der Waals surface area contributed by atoms with Crippen LogP contribution in [0.5, 0.6) is 5.88 Å². The highest BCUT2D eigenvalue weighted by molar-refractivity contribution is 9.10. The van der Waals surface area contributed by atoms with Crippen molar-refractivity contribution in [3.63, 3.8) is 0 Å². The van der Waals surface area contributed by atoms with Gasteiger partial charge in [-0.1, -0.05) is 13.8 Å². The molecule has 0 radical (unpaired) electrons. The Morgan fingerprint density at radius 1 is 1.47 bits per heavy atom. The predicted molar refractivity (Wildman–Crippen MR) is 64.4 cm³/mol. The lowest BCUT2D eigenvalue weighted by molar-refractivity contribution is 0.396. The maximum absolute atomic E-state index is 5.14. The van der Waals surface area contributed by atoms with Gasteiger partial charge in [-0.3, -0.25) is 0 Å². The van der Waals surface area contributed by atoms with Gasteiger partial charge in [-0.15, -0.1) is 0 Å². The number of nitrogens with zero attached hydrogens (tertiary/aromatic N) is 1. The molecule has 2 heterocycles. The normalized spacial score (nSPS) is 11.3. The molecule has 2 rings (SSSR count). The average molecular weight is 269 g/mol. The van der Waals surface area contributed by atoms with Crippen molar-refractivity contribution in [2.24, 2.45) is 0 Å². The molecule has 0 aliphatic rings. The summed E-state index contributed by atoms with van der Waals surface area (Å²) in [7, 11) is 1.62. The van der Waals surface area contributed by atoms with E-state index in [1.165, 1.54) is 5.69 Å². The Hall–Kier alpha value is -1.03. The van der Waals surface area contributed by atoms with E-state index in [2.05, 4.69) is 45.8 Å². The molecule has 0 bridgehead atoms. The number of nitrogens with one attached hydrogen (secondary N) is 1. The van der Waals surface area contributed by atoms with E-state index < -0.39 is 0 Å². The number of ether oxygens (including phenoxy) is 1. The van der Waals surface area contributed by atoms with Crippen LogP contribution in [-0.4, -0.2) is 17.1 Å². The molecule has 0 atom stereocenters. The molecule has 3 nitrogen and oxygen atoms in total. The molecule has 0 aliphatic heterocycles. The van der Waals surface area contributed by atoms with E-state index in [0.717, 1.165) is 15.4 Å². The quantitative estimate of drug-likeness (QED) is 0.906. The number of methoxy groups -OCH3 is 1. The molecular weight excluding hydrogens is 256 g/mol. The van der Waals surface area contributed by atoms with Crippen molar-refractivity contribution in [1.29, 1.82) is 0 Å². The number of hydrogen-bond donors (Lipinski definition) is 1. The zero-order valence-electron chi connectivity index (χ0n) is 8.97. The molecule has 0 saturated heterocycles. The van der Waals surface area contributed by atoms with E-state index >= 15 is 0 Å². The first-order valence-corrected chi connectivity index (χ1v) is 5.64. The molecule has 0 saturated carbocycles. The van der Waals surface area contributed by atoms with Gasteiger partial charge in [0.25, 0.3) is 0 Å². The van der Waals surface area contributed by atoms with E-state index in [1.54, 1.807) is 7.11 Å². The zero-order chi connectivity index (χ0) is 11.0. The molecule has 4 heteroatoms. The van der Waals surface area contributed by atoms with Gasteiger partial charge in [0.2, 0.25) is 5.88 Å². The average Bonchev–Trinajstić information content (AvgIpc) is 2.63. The third kappa shape index (κ3) is 1.74. The van der Waals surface area contributed by atoms with Crippen LogP contribution in [-0.2, 0) is 0 Å². The highest BCUT2D eigenvalue weighted by Crippen LogP contribution is 2.32. The van der Waals surface area contributed by atoms with Gasteiger partial charge in [0.05, 0.1) is 12.6 Å². The second-order valence-corrected chi connectivity index (χ2v) is 4.58. The zero-order valence-corrected chi connectivity index (χ0v) is 10.6. The molecule has 0 aliphatic carbocycles. The van der Waals surface area contributed by atoms with Gasteiger partial charge >= 0.3 is 0 Å². The van der Waals surface area contributed by atoms with Gasteiger partial charge in [-0.2, -0.15) is 0 Å². The number of pyridine rings is 1. The first-order chi connectivity index (χ1) is 7.13. The van der Waals surface area contributed by atoms with Crippen molar-refractivity contribution in [2.75, 3.05) is 7.11 Å². The second-order valence-electron chi connectivity index (χ2n) is 3.79. The van der Waals surface area contributed by atoms with Crippen molar-refractivity contribution >= 4 is 26.8 Å². The summed E-state index contributed by atoms with van der Waals surface area (Å²) < 4.78 is 6.03. The van der Waals surface area contributed by atoms with Crippen molar-refractivity contribution in [2.45, 2.75) is 19.8 Å². The summed E-state index contributed by atoms with van der Waals surface area (Å²) in [5.41, 5.74) is 2.26. The van der Waals surface area contributed by atoms with E-state index in [9.17, 15) is 0 Å². The molecule has 0 spiro atoms. The highest BCUT2D eigenvalue weighted by atomic mass is 79.9. The molecule has 0 unspecified atom stereocenters. The largest absolute Gasteiger partial charge is 0.480 e. The third-order valence-corrected chi connectivity index (χ3v) is 3.15. The molecule has 0 fully saturated rings. The fraction of sp³-hybridized carbons (Fsp3) is 0.364. The lowest BCUT2D eigenvalue weighted by atomic mass is 10.1. The Bertz CT molecular complexity index is 491. The Morgan fingerprint density at radius 2 is 2.20 bits per heavy atom. The van der Waals surface area contributed by atoms with Gasteiger partial charge in [0.15, 0.2) is 0 Å². The molecule has 1 N–H and O–H groups in total. The first kappa shape index (κ1) is 10.5. The molecule has 80 valence electrons. The van der Waals surface area contributed by atoms with E-state index in [1.807, 2.05) is 6.20 Å². The first-order valence-electron chi connectivity index (χ1n) is 4.84. The van der Waals surface area contributed by atoms with Crippen molar-refractivity contribution < 1.29 is 4.74 Å². The Balaban J connectivity index is 2.66. The molecule has 0 amide bonds. The number of aromatic nitrogens is 2. The van der Waals surface area contributed by atoms with Crippen LogP contribution in [0.2, 0.25) is 0 Å². The van der Waals surface area contributed by atoms with Crippen LogP contribution in [0.15, 0.2) is 16.7 Å². The Labute approximate surface area is 97.0 Å². The van der Waals surface area contributed by atoms with Crippen LogP contribution in [0.1, 0.15) is 25.5 Å². The number of halogens is 1. The van der Waals surface area contributed by atoms with Crippen LogP contribution in [0.4, 0.5) is 0 Å². The van der Waals surface area contributed by atoms with Crippen LogP contribution < -0.4 is 4.74 Å². The summed E-state index contributed by atoms with van der Waals surface area (Å²) in [4.78, 5) is 7.58. The number of rotatable bonds is 2. The van der Waals surface area contributed by atoms with Crippen LogP contribution in [0.3, 0.4) is 0 Å². The molecule has 2 aromatic rings. The van der Waals surface area contributed by atoms with Gasteiger partial charge in [-0.05, 0) is 27.9 Å². The molecule has 15 heavy (non-hydrogen) atoms. The molecular formula is C11H13BrN2O. The minimum atomic E-state index is 0.482. The number of hydrogen-bond acceptors (Lipinski definition) is 2. The summed E-state index contributed by atoms with van der Waals surface area (Å²) in [6.07, 6.45) is 1.82. The summed E-state index contributed by atoms with van der Waals surface area (Å²) in [6.45, 7) is 4.31. The maximum Gasteiger partial charge on any atom is 0.229 e. The highest BCUT2D eigenvalue weighted by Gasteiger charge is 2.11. The summed E-state index contributed by atoms with van der Waals surface area (Å²) in [5, 5.41) is 1.10. The van der Waals surface area contributed by atoms with Crippen molar-refractivity contribution in [1.82, 2.24) is 9.97 Å². The second kappa shape index (κ2) is 3.85. The monoisotopic (exact) mass is 268 g/mol. The fourth-order valence-electron chi connectivity index (χ4n) is 1.52.